The molecule has 1 aromatic heterocycles. The van der Waals surface area contributed by atoms with Gasteiger partial charge in [-0.05, 0) is 48.7 Å². The molecule has 1 heterocycles. The molecule has 1 amide bonds. The molecule has 0 bridgehead atoms. The summed E-state index contributed by atoms with van der Waals surface area (Å²) in [4.78, 5) is 12.5. The normalized spacial score (nSPS) is 16.6. The molecule has 1 aromatic carbocycles. The van der Waals surface area contributed by atoms with Crippen LogP contribution >= 0.6 is 0 Å². The smallest absolute Gasteiger partial charge is 0.271 e. The van der Waals surface area contributed by atoms with E-state index in [1.807, 2.05) is 0 Å². The summed E-state index contributed by atoms with van der Waals surface area (Å²) >= 11 is 0. The van der Waals surface area contributed by atoms with Gasteiger partial charge in [0.1, 0.15) is 5.82 Å². The van der Waals surface area contributed by atoms with Crippen LogP contribution in [0.15, 0.2) is 30.3 Å². The van der Waals surface area contributed by atoms with Crippen molar-refractivity contribution < 1.29 is 14.3 Å². The number of aliphatic hydroxyl groups excluding tert-OH is 1. The van der Waals surface area contributed by atoms with Crippen molar-refractivity contribution >= 4 is 5.91 Å². The van der Waals surface area contributed by atoms with Crippen molar-refractivity contribution in [3.8, 4) is 11.3 Å². The Labute approximate surface area is 146 Å². The van der Waals surface area contributed by atoms with E-state index in [4.69, 9.17) is 0 Å². The SMILES string of the molecule is Cn1nc(C(=O)NCC2(CO)CCCCC2)cc1-c1ccc(F)cc1. The van der Waals surface area contributed by atoms with Crippen molar-refractivity contribution in [2.45, 2.75) is 32.1 Å². The largest absolute Gasteiger partial charge is 0.396 e. The quantitative estimate of drug-likeness (QED) is 0.876. The predicted octanol–water partition coefficient (Wildman–Crippen LogP) is 2.90. The Kier molecular flexibility index (Phi) is 5.18. The standard InChI is InChI=1S/C19H24FN3O2/c1-23-17(14-5-7-15(20)8-6-14)11-16(22-23)18(25)21-12-19(13-24)9-3-2-4-10-19/h5-8,11,24H,2-4,9-10,12-13H2,1H3,(H,21,25). The Hall–Kier alpha value is -2.21. The summed E-state index contributed by atoms with van der Waals surface area (Å²) in [6.07, 6.45) is 5.25. The minimum Gasteiger partial charge on any atom is -0.396 e. The number of amides is 1. The van der Waals surface area contributed by atoms with Gasteiger partial charge < -0.3 is 10.4 Å². The van der Waals surface area contributed by atoms with E-state index in [1.165, 1.54) is 18.6 Å². The highest BCUT2D eigenvalue weighted by atomic mass is 19.1. The molecule has 0 unspecified atom stereocenters. The minimum atomic E-state index is -0.300. The predicted molar refractivity (Wildman–Crippen MR) is 93.5 cm³/mol. The van der Waals surface area contributed by atoms with E-state index in [-0.39, 0.29) is 23.7 Å². The molecule has 1 aliphatic carbocycles. The van der Waals surface area contributed by atoms with Gasteiger partial charge in [0.25, 0.3) is 5.91 Å². The van der Waals surface area contributed by atoms with Crippen molar-refractivity contribution in [2.24, 2.45) is 12.5 Å². The molecule has 1 fully saturated rings. The number of carbonyl (C=O) groups excluding carboxylic acids is 1. The summed E-state index contributed by atoms with van der Waals surface area (Å²) in [5.41, 5.74) is 1.67. The monoisotopic (exact) mass is 345 g/mol. The maximum absolute atomic E-state index is 13.1. The van der Waals surface area contributed by atoms with Crippen LogP contribution in [0.25, 0.3) is 11.3 Å². The number of halogens is 1. The highest BCUT2D eigenvalue weighted by Crippen LogP contribution is 2.35. The van der Waals surface area contributed by atoms with E-state index in [0.717, 1.165) is 36.9 Å². The van der Waals surface area contributed by atoms with Crippen LogP contribution in [-0.4, -0.2) is 33.9 Å². The number of aryl methyl sites for hydroxylation is 1. The van der Waals surface area contributed by atoms with Gasteiger partial charge in [-0.3, -0.25) is 9.48 Å². The lowest BCUT2D eigenvalue weighted by molar-refractivity contribution is 0.0715. The molecule has 0 saturated heterocycles. The highest BCUT2D eigenvalue weighted by molar-refractivity contribution is 5.93. The van der Waals surface area contributed by atoms with Gasteiger partial charge >= 0.3 is 0 Å². The molecule has 0 atom stereocenters. The molecule has 134 valence electrons. The van der Waals surface area contributed by atoms with Crippen LogP contribution in [0.2, 0.25) is 0 Å². The van der Waals surface area contributed by atoms with Gasteiger partial charge in [-0.2, -0.15) is 5.10 Å². The van der Waals surface area contributed by atoms with Gasteiger partial charge in [0, 0.05) is 19.0 Å². The third-order valence-electron chi connectivity index (χ3n) is 5.13. The first-order valence-corrected chi connectivity index (χ1v) is 8.72. The lowest BCUT2D eigenvalue weighted by Crippen LogP contribution is -2.41. The van der Waals surface area contributed by atoms with Gasteiger partial charge in [-0.25, -0.2) is 4.39 Å². The van der Waals surface area contributed by atoms with Crippen molar-refractivity contribution in [3.05, 3.63) is 41.8 Å². The fourth-order valence-electron chi connectivity index (χ4n) is 3.52. The number of nitrogens with one attached hydrogen (secondary N) is 1. The zero-order valence-electron chi connectivity index (χ0n) is 14.5. The van der Waals surface area contributed by atoms with Crippen LogP contribution in [0, 0.1) is 11.2 Å². The minimum absolute atomic E-state index is 0.0936. The van der Waals surface area contributed by atoms with E-state index in [9.17, 15) is 14.3 Å². The van der Waals surface area contributed by atoms with Crippen LogP contribution in [-0.2, 0) is 7.05 Å². The Morgan fingerprint density at radius 1 is 1.28 bits per heavy atom. The van der Waals surface area contributed by atoms with Crippen LogP contribution in [0.1, 0.15) is 42.6 Å². The van der Waals surface area contributed by atoms with E-state index >= 15 is 0 Å². The maximum atomic E-state index is 13.1. The summed E-state index contributed by atoms with van der Waals surface area (Å²) in [6.45, 7) is 0.557. The molecular formula is C19H24FN3O2. The molecule has 5 nitrogen and oxygen atoms in total. The summed E-state index contributed by atoms with van der Waals surface area (Å²) in [5.74, 6) is -0.548. The highest BCUT2D eigenvalue weighted by Gasteiger charge is 2.32. The number of benzene rings is 1. The Bertz CT molecular complexity index is 734. The summed E-state index contributed by atoms with van der Waals surface area (Å²) in [7, 11) is 1.76. The van der Waals surface area contributed by atoms with Crippen LogP contribution in [0.5, 0.6) is 0 Å². The average Bonchev–Trinajstić information content (AvgIpc) is 3.03. The first-order valence-electron chi connectivity index (χ1n) is 8.72. The zero-order valence-corrected chi connectivity index (χ0v) is 14.5. The fourth-order valence-corrected chi connectivity index (χ4v) is 3.52. The second-order valence-corrected chi connectivity index (χ2v) is 6.95. The Balaban J connectivity index is 1.70. The van der Waals surface area contributed by atoms with Gasteiger partial charge in [0.05, 0.1) is 12.3 Å². The number of aromatic nitrogens is 2. The van der Waals surface area contributed by atoms with Gasteiger partial charge in [0.15, 0.2) is 5.69 Å². The first-order chi connectivity index (χ1) is 12.0. The molecule has 0 radical (unpaired) electrons. The Morgan fingerprint density at radius 2 is 1.96 bits per heavy atom. The van der Waals surface area contributed by atoms with E-state index in [2.05, 4.69) is 10.4 Å². The van der Waals surface area contributed by atoms with Gasteiger partial charge in [-0.15, -0.1) is 0 Å². The third-order valence-corrected chi connectivity index (χ3v) is 5.13. The van der Waals surface area contributed by atoms with E-state index < -0.39 is 0 Å². The topological polar surface area (TPSA) is 67.2 Å². The molecule has 2 aromatic rings. The van der Waals surface area contributed by atoms with E-state index in [0.29, 0.717) is 12.2 Å². The molecule has 0 spiro atoms. The number of hydrogen-bond acceptors (Lipinski definition) is 3. The van der Waals surface area contributed by atoms with Crippen LogP contribution in [0.4, 0.5) is 4.39 Å². The van der Waals surface area contributed by atoms with Crippen molar-refractivity contribution in [2.75, 3.05) is 13.2 Å². The van der Waals surface area contributed by atoms with Crippen molar-refractivity contribution in [3.63, 3.8) is 0 Å². The van der Waals surface area contributed by atoms with Crippen LogP contribution in [0.3, 0.4) is 0 Å². The third kappa shape index (κ3) is 3.90. The summed E-state index contributed by atoms with van der Waals surface area (Å²) < 4.78 is 14.7. The molecular weight excluding hydrogens is 321 g/mol. The zero-order chi connectivity index (χ0) is 17.9. The number of nitrogens with zero attached hydrogens (tertiary/aromatic N) is 2. The molecule has 3 rings (SSSR count). The average molecular weight is 345 g/mol. The molecule has 0 aliphatic heterocycles. The molecule has 1 aliphatic rings. The summed E-state index contributed by atoms with van der Waals surface area (Å²) in [5, 5.41) is 16.9. The second kappa shape index (κ2) is 7.35. The van der Waals surface area contributed by atoms with Crippen molar-refractivity contribution in [1.82, 2.24) is 15.1 Å². The van der Waals surface area contributed by atoms with Gasteiger partial charge in [-0.1, -0.05) is 19.3 Å². The molecule has 6 heteroatoms. The molecule has 1 saturated carbocycles. The van der Waals surface area contributed by atoms with E-state index in [1.54, 1.807) is 29.9 Å². The number of hydrogen-bond donors (Lipinski definition) is 2. The summed E-state index contributed by atoms with van der Waals surface area (Å²) in [6, 6.07) is 7.80. The Morgan fingerprint density at radius 3 is 2.60 bits per heavy atom. The second-order valence-electron chi connectivity index (χ2n) is 6.95. The fraction of sp³-hybridized carbons (Fsp3) is 0.474. The van der Waals surface area contributed by atoms with Crippen molar-refractivity contribution in [1.29, 1.82) is 0 Å². The van der Waals surface area contributed by atoms with Crippen LogP contribution < -0.4 is 5.32 Å². The first kappa shape index (κ1) is 17.6. The molecule has 2 N–H and O–H groups in total. The van der Waals surface area contributed by atoms with Gasteiger partial charge in [0.2, 0.25) is 0 Å². The number of aliphatic hydroxyl groups is 1. The number of carbonyl (C=O) groups is 1. The maximum Gasteiger partial charge on any atom is 0.271 e. The lowest BCUT2D eigenvalue weighted by Gasteiger charge is -2.35. The molecule has 25 heavy (non-hydrogen) atoms. The lowest BCUT2D eigenvalue weighted by atomic mass is 9.74. The number of rotatable bonds is 5.